The zero-order chi connectivity index (χ0) is 22.5. The van der Waals surface area contributed by atoms with Crippen LogP contribution in [0, 0.1) is 0 Å². The van der Waals surface area contributed by atoms with Gasteiger partial charge in [0.05, 0.1) is 42.1 Å². The molecule has 1 aromatic carbocycles. The molecule has 3 N–H and O–H groups in total. The number of aromatic nitrogens is 5. The minimum atomic E-state index is -0.629. The molecule has 0 bridgehead atoms. The van der Waals surface area contributed by atoms with E-state index in [1.165, 1.54) is 0 Å². The summed E-state index contributed by atoms with van der Waals surface area (Å²) >= 11 is 6.51. The van der Waals surface area contributed by atoms with Crippen molar-refractivity contribution in [2.75, 3.05) is 20.3 Å². The molecule has 6 rings (SSSR count). The molecule has 0 radical (unpaired) electrons. The minimum absolute atomic E-state index is 0.244. The highest BCUT2D eigenvalue weighted by Gasteiger charge is 2.48. The van der Waals surface area contributed by atoms with Crippen LogP contribution in [0.2, 0.25) is 5.02 Å². The molecular formula is C22H22ClN5O5. The van der Waals surface area contributed by atoms with Crippen molar-refractivity contribution in [2.45, 2.75) is 37.3 Å². The van der Waals surface area contributed by atoms with E-state index in [2.05, 4.69) is 25.1 Å². The minimum Gasteiger partial charge on any atom is -0.497 e. The first-order valence-electron chi connectivity index (χ1n) is 10.7. The average Bonchev–Trinajstić information content (AvgIpc) is 3.58. The van der Waals surface area contributed by atoms with Crippen molar-refractivity contribution in [3.8, 4) is 11.8 Å². The lowest BCUT2D eigenvalue weighted by Crippen LogP contribution is -2.34. The number of fused-ring (bicyclic) bond motifs is 3. The highest BCUT2D eigenvalue weighted by Crippen LogP contribution is 2.30. The maximum atomic E-state index is 9.90. The number of aromatic amines is 2. The zero-order valence-electron chi connectivity index (χ0n) is 17.7. The van der Waals surface area contributed by atoms with Crippen LogP contribution in [0.3, 0.4) is 0 Å². The van der Waals surface area contributed by atoms with E-state index in [9.17, 15) is 5.11 Å². The number of nitrogens with zero attached hydrogens (tertiary/aromatic N) is 3. The Morgan fingerprint density at radius 2 is 2.03 bits per heavy atom. The van der Waals surface area contributed by atoms with Crippen molar-refractivity contribution >= 4 is 33.7 Å². The van der Waals surface area contributed by atoms with Crippen LogP contribution < -0.4 is 9.47 Å². The van der Waals surface area contributed by atoms with Gasteiger partial charge >= 0.3 is 0 Å². The van der Waals surface area contributed by atoms with Gasteiger partial charge in [0.2, 0.25) is 0 Å². The topological polar surface area (TPSA) is 127 Å². The number of rotatable bonds is 6. The van der Waals surface area contributed by atoms with Crippen molar-refractivity contribution in [3.63, 3.8) is 0 Å². The van der Waals surface area contributed by atoms with Crippen LogP contribution in [0.4, 0.5) is 0 Å². The summed E-state index contributed by atoms with van der Waals surface area (Å²) in [4.78, 5) is 12.2. The molecule has 0 aliphatic carbocycles. The second-order valence-electron chi connectivity index (χ2n) is 8.23. The molecule has 33 heavy (non-hydrogen) atoms. The zero-order valence-corrected chi connectivity index (χ0v) is 18.5. The van der Waals surface area contributed by atoms with Gasteiger partial charge in [0, 0.05) is 11.1 Å². The van der Waals surface area contributed by atoms with Crippen LogP contribution in [0.15, 0.2) is 24.3 Å². The number of imidazole rings is 1. The molecule has 0 unspecified atom stereocenters. The van der Waals surface area contributed by atoms with Gasteiger partial charge in [-0.05, 0) is 37.1 Å². The number of pyridine rings is 1. The highest BCUT2D eigenvalue weighted by atomic mass is 35.5. The molecule has 4 aromatic rings. The first kappa shape index (κ1) is 20.7. The third-order valence-electron chi connectivity index (χ3n) is 6.17. The number of ether oxygens (including phenoxy) is 4. The van der Waals surface area contributed by atoms with Crippen LogP contribution in [-0.4, -0.2) is 75.0 Å². The molecule has 2 fully saturated rings. The lowest BCUT2D eigenvalue weighted by atomic mass is 10.1. The number of halogens is 1. The first-order valence-corrected chi connectivity index (χ1v) is 11.1. The number of methoxy groups -OCH3 is 1. The normalized spacial score (nSPS) is 24.6. The smallest absolute Gasteiger partial charge is 0.296 e. The lowest BCUT2D eigenvalue weighted by Gasteiger charge is -2.15. The van der Waals surface area contributed by atoms with Crippen molar-refractivity contribution < 1.29 is 24.1 Å². The summed E-state index contributed by atoms with van der Waals surface area (Å²) in [7, 11) is 1.64. The predicted molar refractivity (Wildman–Crippen MR) is 119 cm³/mol. The number of aliphatic hydroxyl groups excluding tert-OH is 1. The quantitative estimate of drug-likeness (QED) is 0.390. The lowest BCUT2D eigenvalue weighted by molar-refractivity contribution is 0.00706. The number of hydrogen-bond donors (Lipinski definition) is 3. The molecule has 2 aliphatic heterocycles. The van der Waals surface area contributed by atoms with Gasteiger partial charge in [-0.2, -0.15) is 10.1 Å². The van der Waals surface area contributed by atoms with Gasteiger partial charge in [0.1, 0.15) is 24.1 Å². The molecule has 0 spiro atoms. The molecule has 2 saturated heterocycles. The van der Waals surface area contributed by atoms with Gasteiger partial charge in [-0.25, -0.2) is 4.98 Å². The Labute approximate surface area is 193 Å². The second kappa shape index (κ2) is 8.14. The fraction of sp³-hybridized carbons (Fsp3) is 0.409. The van der Waals surface area contributed by atoms with E-state index in [1.54, 1.807) is 13.2 Å². The Morgan fingerprint density at radius 3 is 2.91 bits per heavy atom. The van der Waals surface area contributed by atoms with Crippen LogP contribution in [0.5, 0.6) is 11.8 Å². The Bertz CT molecular complexity index is 1320. The van der Waals surface area contributed by atoms with E-state index in [0.717, 1.165) is 28.0 Å². The summed E-state index contributed by atoms with van der Waals surface area (Å²) in [6.45, 7) is 0.569. The number of aryl methyl sites for hydroxylation is 2. The van der Waals surface area contributed by atoms with Gasteiger partial charge in [-0.1, -0.05) is 11.6 Å². The summed E-state index contributed by atoms with van der Waals surface area (Å²) < 4.78 is 22.5. The molecule has 0 saturated carbocycles. The average molecular weight is 472 g/mol. The summed E-state index contributed by atoms with van der Waals surface area (Å²) in [5.41, 5.74) is 3.80. The van der Waals surface area contributed by atoms with Crippen molar-refractivity contribution in [3.05, 3.63) is 40.7 Å². The van der Waals surface area contributed by atoms with Crippen molar-refractivity contribution in [2.24, 2.45) is 0 Å². The van der Waals surface area contributed by atoms with E-state index < -0.39 is 6.10 Å². The standard InChI is InChI=1S/C22H22ClN5O5/c1-30-10-2-3-13-11(6-10)14(28-27-13)4-5-15-12(23)7-16-21(24-15)26-22(25-16)33-18-9-32-19-17(29)8-31-20(18)19/h2-3,6-7,17-20,29H,4-5,8-9H2,1H3,(H,27,28)(H,24,25,26)/t17-,18-,19-,20-/m1/s1. The van der Waals surface area contributed by atoms with Gasteiger partial charge in [-0.3, -0.25) is 5.10 Å². The van der Waals surface area contributed by atoms with Crippen molar-refractivity contribution in [1.29, 1.82) is 0 Å². The van der Waals surface area contributed by atoms with Crippen LogP contribution in [-0.2, 0) is 22.3 Å². The molecule has 4 atom stereocenters. The number of nitrogens with one attached hydrogen (secondary N) is 2. The van der Waals surface area contributed by atoms with Crippen LogP contribution >= 0.6 is 11.6 Å². The first-order chi connectivity index (χ1) is 16.1. The fourth-order valence-corrected chi connectivity index (χ4v) is 4.70. The Kier molecular flexibility index (Phi) is 5.10. The van der Waals surface area contributed by atoms with Gasteiger partial charge < -0.3 is 29.0 Å². The Hall–Kier alpha value is -2.92. The molecule has 3 aromatic heterocycles. The molecule has 5 heterocycles. The van der Waals surface area contributed by atoms with E-state index >= 15 is 0 Å². The summed E-state index contributed by atoms with van der Waals surface area (Å²) in [5, 5.41) is 18.9. The van der Waals surface area contributed by atoms with Gasteiger partial charge in [-0.15, -0.1) is 0 Å². The molecular weight excluding hydrogens is 450 g/mol. The maximum Gasteiger partial charge on any atom is 0.296 e. The van der Waals surface area contributed by atoms with Crippen LogP contribution in [0.25, 0.3) is 22.1 Å². The fourth-order valence-electron chi connectivity index (χ4n) is 4.46. The number of H-pyrrole nitrogens is 2. The molecule has 10 nitrogen and oxygen atoms in total. The summed E-state index contributed by atoms with van der Waals surface area (Å²) in [6.07, 6.45) is -0.375. The van der Waals surface area contributed by atoms with Crippen molar-refractivity contribution in [1.82, 2.24) is 25.1 Å². The van der Waals surface area contributed by atoms with E-state index in [4.69, 9.17) is 30.5 Å². The largest absolute Gasteiger partial charge is 0.497 e. The Balaban J connectivity index is 1.20. The van der Waals surface area contributed by atoms with E-state index in [0.29, 0.717) is 41.6 Å². The number of aliphatic hydroxyl groups is 1. The number of benzene rings is 1. The van der Waals surface area contributed by atoms with Gasteiger partial charge in [0.25, 0.3) is 6.01 Å². The maximum absolute atomic E-state index is 9.90. The summed E-state index contributed by atoms with van der Waals surface area (Å²) in [6, 6.07) is 7.89. The molecule has 172 valence electrons. The van der Waals surface area contributed by atoms with E-state index in [-0.39, 0.29) is 24.9 Å². The van der Waals surface area contributed by atoms with Gasteiger partial charge in [0.15, 0.2) is 11.8 Å². The third-order valence-corrected chi connectivity index (χ3v) is 6.50. The highest BCUT2D eigenvalue weighted by molar-refractivity contribution is 6.31. The van der Waals surface area contributed by atoms with Crippen LogP contribution in [0.1, 0.15) is 11.4 Å². The predicted octanol–water partition coefficient (Wildman–Crippen LogP) is 2.19. The SMILES string of the molecule is COc1ccc2n[nH]c(CCc3nc4nc(O[C@@H]5CO[C@H]6[C@@H]5OC[C@H]6O)[nH]c4cc3Cl)c2c1. The molecule has 0 amide bonds. The second-order valence-corrected chi connectivity index (χ2v) is 8.64. The number of hydrogen-bond acceptors (Lipinski definition) is 8. The molecule has 2 aliphatic rings. The third kappa shape index (κ3) is 3.68. The van der Waals surface area contributed by atoms with E-state index in [1.807, 2.05) is 18.2 Å². The Morgan fingerprint density at radius 1 is 1.15 bits per heavy atom. The monoisotopic (exact) mass is 471 g/mol. The summed E-state index contributed by atoms with van der Waals surface area (Å²) in [5.74, 6) is 0.781. The molecule has 11 heteroatoms.